The first kappa shape index (κ1) is 13.9. The molecule has 2 rings (SSSR count). The third kappa shape index (κ3) is 3.06. The smallest absolute Gasteiger partial charge is 0.253 e. The minimum Gasteiger partial charge on any atom is -0.496 e. The molecule has 1 saturated heterocycles. The van der Waals surface area contributed by atoms with Crippen molar-refractivity contribution in [2.75, 3.05) is 20.2 Å². The molecule has 98 valence electrons. The van der Waals surface area contributed by atoms with Crippen molar-refractivity contribution in [3.8, 4) is 5.75 Å². The molecule has 3 nitrogen and oxygen atoms in total. The molecule has 0 spiro atoms. The van der Waals surface area contributed by atoms with Crippen LogP contribution in [0.4, 0.5) is 0 Å². The second kappa shape index (κ2) is 6.06. The maximum absolute atomic E-state index is 12.3. The largest absolute Gasteiger partial charge is 0.496 e. The number of ether oxygens (including phenoxy) is 1. The van der Waals surface area contributed by atoms with Gasteiger partial charge in [0.1, 0.15) is 5.75 Å². The summed E-state index contributed by atoms with van der Waals surface area (Å²) in [6.07, 6.45) is 2.19. The van der Waals surface area contributed by atoms with Crippen LogP contribution in [0.1, 0.15) is 23.2 Å². The predicted molar refractivity (Wildman–Crippen MR) is 78.5 cm³/mol. The van der Waals surface area contributed by atoms with Gasteiger partial charge in [-0.3, -0.25) is 4.79 Å². The number of hydrogen-bond donors (Lipinski definition) is 0. The zero-order valence-electron chi connectivity index (χ0n) is 10.2. The molecule has 18 heavy (non-hydrogen) atoms. The Labute approximate surface area is 124 Å². The summed E-state index contributed by atoms with van der Waals surface area (Å²) in [6, 6.07) is 5.44. The van der Waals surface area contributed by atoms with Crippen LogP contribution in [0, 0.1) is 0 Å². The lowest BCUT2D eigenvalue weighted by Gasteiger charge is -2.30. The van der Waals surface area contributed by atoms with E-state index in [0.717, 1.165) is 36.2 Å². The van der Waals surface area contributed by atoms with Gasteiger partial charge in [0, 0.05) is 23.5 Å². The third-order valence-electron chi connectivity index (χ3n) is 3.05. The molecule has 1 atom stereocenters. The molecule has 0 radical (unpaired) electrons. The van der Waals surface area contributed by atoms with Gasteiger partial charge in [-0.15, -0.1) is 0 Å². The fraction of sp³-hybridized carbons (Fsp3) is 0.462. The van der Waals surface area contributed by atoms with Crippen LogP contribution < -0.4 is 4.74 Å². The van der Waals surface area contributed by atoms with Gasteiger partial charge in [-0.1, -0.05) is 15.9 Å². The molecule has 0 aliphatic carbocycles. The highest BCUT2D eigenvalue weighted by atomic mass is 79.9. The number of methoxy groups -OCH3 is 1. The van der Waals surface area contributed by atoms with E-state index in [1.807, 2.05) is 23.1 Å². The standard InChI is InChI=1S/C13H15Br2NO2/c1-18-12-5-4-9(7-11(12)15)13(17)16-6-2-3-10(14)8-16/h4-5,7,10H,2-3,6,8H2,1H3. The van der Waals surface area contributed by atoms with Gasteiger partial charge in [0.15, 0.2) is 0 Å². The molecule has 5 heteroatoms. The van der Waals surface area contributed by atoms with Crippen LogP contribution in [-0.2, 0) is 0 Å². The molecule has 1 amide bonds. The third-order valence-corrected chi connectivity index (χ3v) is 4.42. The molecule has 0 N–H and O–H groups in total. The van der Waals surface area contributed by atoms with Crippen molar-refractivity contribution in [3.63, 3.8) is 0 Å². The van der Waals surface area contributed by atoms with Crippen LogP contribution in [0.15, 0.2) is 22.7 Å². The Bertz CT molecular complexity index is 451. The normalized spacial score (nSPS) is 19.7. The van der Waals surface area contributed by atoms with E-state index in [1.165, 1.54) is 0 Å². The fourth-order valence-electron chi connectivity index (χ4n) is 2.09. The van der Waals surface area contributed by atoms with Gasteiger partial charge in [-0.05, 0) is 47.0 Å². The maximum atomic E-state index is 12.3. The topological polar surface area (TPSA) is 29.5 Å². The van der Waals surface area contributed by atoms with Gasteiger partial charge in [-0.2, -0.15) is 0 Å². The van der Waals surface area contributed by atoms with Crippen molar-refractivity contribution < 1.29 is 9.53 Å². The summed E-state index contributed by atoms with van der Waals surface area (Å²) in [5.74, 6) is 0.825. The second-order valence-corrected chi connectivity index (χ2v) is 6.49. The van der Waals surface area contributed by atoms with Crippen LogP contribution in [0.25, 0.3) is 0 Å². The van der Waals surface area contributed by atoms with Gasteiger partial charge in [-0.25, -0.2) is 0 Å². The Kier molecular flexibility index (Phi) is 4.67. The van der Waals surface area contributed by atoms with Crippen LogP contribution >= 0.6 is 31.9 Å². The minimum absolute atomic E-state index is 0.0857. The summed E-state index contributed by atoms with van der Waals surface area (Å²) in [5.41, 5.74) is 0.698. The first-order valence-corrected chi connectivity index (χ1v) is 7.59. The van der Waals surface area contributed by atoms with Crippen molar-refractivity contribution in [2.24, 2.45) is 0 Å². The molecule has 1 heterocycles. The SMILES string of the molecule is COc1ccc(C(=O)N2CCCC(Br)C2)cc1Br. The summed E-state index contributed by atoms with van der Waals surface area (Å²) < 4.78 is 5.97. The number of likely N-dealkylation sites (tertiary alicyclic amines) is 1. The summed E-state index contributed by atoms with van der Waals surface area (Å²) in [5, 5.41) is 0. The molecule has 0 aromatic heterocycles. The lowest BCUT2D eigenvalue weighted by Crippen LogP contribution is -2.40. The molecule has 0 bridgehead atoms. The van der Waals surface area contributed by atoms with Crippen LogP contribution in [0.2, 0.25) is 0 Å². The summed E-state index contributed by atoms with van der Waals surface area (Å²) in [7, 11) is 1.61. The summed E-state index contributed by atoms with van der Waals surface area (Å²) in [6.45, 7) is 1.62. The predicted octanol–water partition coefficient (Wildman–Crippen LogP) is 3.46. The average molecular weight is 377 g/mol. The van der Waals surface area contributed by atoms with E-state index < -0.39 is 0 Å². The molecule has 1 aliphatic heterocycles. The average Bonchev–Trinajstić information content (AvgIpc) is 2.37. The summed E-state index contributed by atoms with van der Waals surface area (Å²) >= 11 is 6.99. The number of carbonyl (C=O) groups is 1. The highest BCUT2D eigenvalue weighted by Crippen LogP contribution is 2.27. The first-order valence-electron chi connectivity index (χ1n) is 5.88. The van der Waals surface area contributed by atoms with Gasteiger partial charge in [0.25, 0.3) is 5.91 Å². The van der Waals surface area contributed by atoms with E-state index in [1.54, 1.807) is 7.11 Å². The number of rotatable bonds is 2. The van der Waals surface area contributed by atoms with E-state index in [2.05, 4.69) is 31.9 Å². The van der Waals surface area contributed by atoms with Gasteiger partial charge in [0.2, 0.25) is 0 Å². The van der Waals surface area contributed by atoms with E-state index in [0.29, 0.717) is 10.4 Å². The van der Waals surface area contributed by atoms with Crippen molar-refractivity contribution in [1.29, 1.82) is 0 Å². The number of benzene rings is 1. The van der Waals surface area contributed by atoms with E-state index in [-0.39, 0.29) is 5.91 Å². The molecule has 1 aromatic carbocycles. The molecular formula is C13H15Br2NO2. The van der Waals surface area contributed by atoms with Gasteiger partial charge >= 0.3 is 0 Å². The van der Waals surface area contributed by atoms with Gasteiger partial charge < -0.3 is 9.64 Å². The molecule has 1 fully saturated rings. The van der Waals surface area contributed by atoms with Crippen LogP contribution in [0.5, 0.6) is 5.75 Å². The monoisotopic (exact) mass is 375 g/mol. The molecular weight excluding hydrogens is 362 g/mol. The lowest BCUT2D eigenvalue weighted by atomic mass is 10.1. The summed E-state index contributed by atoms with van der Waals surface area (Å²) in [4.78, 5) is 14.7. The van der Waals surface area contributed by atoms with Crippen molar-refractivity contribution >= 4 is 37.8 Å². The number of nitrogens with zero attached hydrogens (tertiary/aromatic N) is 1. The number of amides is 1. The number of piperidine rings is 1. The van der Waals surface area contributed by atoms with E-state index in [4.69, 9.17) is 4.74 Å². The van der Waals surface area contributed by atoms with Crippen molar-refractivity contribution in [2.45, 2.75) is 17.7 Å². The Balaban J connectivity index is 2.15. The van der Waals surface area contributed by atoms with Crippen molar-refractivity contribution in [3.05, 3.63) is 28.2 Å². The minimum atomic E-state index is 0.0857. The quantitative estimate of drug-likeness (QED) is 0.739. The lowest BCUT2D eigenvalue weighted by molar-refractivity contribution is 0.0730. The van der Waals surface area contributed by atoms with Crippen molar-refractivity contribution in [1.82, 2.24) is 4.90 Å². The number of halogens is 2. The molecule has 1 aliphatic rings. The Morgan fingerprint density at radius 2 is 2.28 bits per heavy atom. The first-order chi connectivity index (χ1) is 8.61. The highest BCUT2D eigenvalue weighted by Gasteiger charge is 2.23. The fourth-order valence-corrected chi connectivity index (χ4v) is 3.31. The highest BCUT2D eigenvalue weighted by molar-refractivity contribution is 9.10. The number of carbonyl (C=O) groups excluding carboxylic acids is 1. The number of hydrogen-bond acceptors (Lipinski definition) is 2. The number of alkyl halides is 1. The Morgan fingerprint density at radius 1 is 1.50 bits per heavy atom. The van der Waals surface area contributed by atoms with E-state index >= 15 is 0 Å². The van der Waals surface area contributed by atoms with Crippen LogP contribution in [-0.4, -0.2) is 35.8 Å². The maximum Gasteiger partial charge on any atom is 0.253 e. The van der Waals surface area contributed by atoms with E-state index in [9.17, 15) is 4.79 Å². The Hall–Kier alpha value is -0.550. The zero-order chi connectivity index (χ0) is 13.1. The molecule has 1 unspecified atom stereocenters. The molecule has 1 aromatic rings. The van der Waals surface area contributed by atoms with Crippen LogP contribution in [0.3, 0.4) is 0 Å². The molecule has 0 saturated carbocycles. The Morgan fingerprint density at radius 3 is 2.89 bits per heavy atom. The van der Waals surface area contributed by atoms with Gasteiger partial charge in [0.05, 0.1) is 11.6 Å². The zero-order valence-corrected chi connectivity index (χ0v) is 13.3. The second-order valence-electron chi connectivity index (χ2n) is 4.34.